The van der Waals surface area contributed by atoms with Crippen LogP contribution in [0.5, 0.6) is 5.75 Å². The van der Waals surface area contributed by atoms with E-state index in [1.807, 2.05) is 30.0 Å². The molecule has 5 heteroatoms. The van der Waals surface area contributed by atoms with Crippen molar-refractivity contribution in [2.45, 2.75) is 25.8 Å². The summed E-state index contributed by atoms with van der Waals surface area (Å²) in [5, 5.41) is 0. The van der Waals surface area contributed by atoms with Crippen molar-refractivity contribution in [3.8, 4) is 5.75 Å². The van der Waals surface area contributed by atoms with Crippen LogP contribution in [0.3, 0.4) is 0 Å². The average Bonchev–Trinajstić information content (AvgIpc) is 3.17. The summed E-state index contributed by atoms with van der Waals surface area (Å²) < 4.78 is 5.68. The molecule has 0 spiro atoms. The maximum absolute atomic E-state index is 13.0. The molecule has 1 saturated heterocycles. The third-order valence-electron chi connectivity index (χ3n) is 5.96. The van der Waals surface area contributed by atoms with Crippen LogP contribution in [0.2, 0.25) is 0 Å². The third kappa shape index (κ3) is 3.91. The van der Waals surface area contributed by atoms with Gasteiger partial charge in [0.15, 0.2) is 0 Å². The van der Waals surface area contributed by atoms with Gasteiger partial charge < -0.3 is 15.4 Å². The van der Waals surface area contributed by atoms with Crippen LogP contribution in [0, 0.1) is 6.92 Å². The lowest BCUT2D eigenvalue weighted by Crippen LogP contribution is -2.52. The number of aryl methyl sites for hydroxylation is 1. The Morgan fingerprint density at radius 3 is 2.39 bits per heavy atom. The highest BCUT2D eigenvalue weighted by Gasteiger charge is 2.30. The van der Waals surface area contributed by atoms with Crippen LogP contribution in [0.25, 0.3) is 0 Å². The lowest BCUT2D eigenvalue weighted by atomic mass is 10.1. The Kier molecular flexibility index (Phi) is 5.64. The molecule has 1 fully saturated rings. The molecule has 28 heavy (non-hydrogen) atoms. The number of ether oxygens (including phenoxy) is 1. The van der Waals surface area contributed by atoms with Crippen LogP contribution < -0.4 is 10.5 Å². The fourth-order valence-electron chi connectivity index (χ4n) is 4.32. The number of nitrogens with zero attached hydrogens (tertiary/aromatic N) is 2. The van der Waals surface area contributed by atoms with Gasteiger partial charge >= 0.3 is 0 Å². The first-order valence-electron chi connectivity index (χ1n) is 10.2. The van der Waals surface area contributed by atoms with Crippen LogP contribution in [0.1, 0.15) is 27.0 Å². The van der Waals surface area contributed by atoms with E-state index in [1.54, 1.807) is 0 Å². The van der Waals surface area contributed by atoms with Crippen molar-refractivity contribution in [3.63, 3.8) is 0 Å². The molecule has 0 radical (unpaired) electrons. The van der Waals surface area contributed by atoms with Gasteiger partial charge in [-0.1, -0.05) is 30.3 Å². The van der Waals surface area contributed by atoms with Gasteiger partial charge in [0, 0.05) is 44.3 Å². The number of piperazine rings is 1. The highest BCUT2D eigenvalue weighted by molar-refractivity contribution is 5.94. The molecule has 2 N–H and O–H groups in total. The van der Waals surface area contributed by atoms with Crippen molar-refractivity contribution in [2.75, 3.05) is 39.3 Å². The Labute approximate surface area is 167 Å². The van der Waals surface area contributed by atoms with Crippen molar-refractivity contribution in [1.82, 2.24) is 9.80 Å². The zero-order valence-corrected chi connectivity index (χ0v) is 16.6. The lowest BCUT2D eigenvalue weighted by molar-refractivity contribution is 0.0575. The van der Waals surface area contributed by atoms with Crippen LogP contribution in [0.4, 0.5) is 0 Å². The van der Waals surface area contributed by atoms with E-state index in [0.29, 0.717) is 24.8 Å². The number of benzene rings is 2. The molecule has 1 aliphatic heterocycles. The van der Waals surface area contributed by atoms with E-state index < -0.39 is 0 Å². The Hall–Kier alpha value is -2.37. The number of amides is 1. The van der Waals surface area contributed by atoms with Gasteiger partial charge in [0.25, 0.3) is 5.91 Å². The van der Waals surface area contributed by atoms with Crippen LogP contribution >= 0.6 is 0 Å². The third-order valence-corrected chi connectivity index (χ3v) is 5.96. The summed E-state index contributed by atoms with van der Waals surface area (Å²) in [6, 6.07) is 15.0. The summed E-state index contributed by atoms with van der Waals surface area (Å²) in [5.74, 6) is 0.839. The monoisotopic (exact) mass is 379 g/mol. The molecule has 0 saturated carbocycles. The standard InChI is InChI=1S/C23H29N3O2/c1-17-6-7-20(16-22(17)28-13-8-24)23(27)26-11-9-25(10-12-26)21-14-18-4-2-3-5-19(18)15-21/h2-7,16,21H,8-15,24H2,1H3. The minimum absolute atomic E-state index is 0.0898. The molecule has 0 bridgehead atoms. The number of hydrogen-bond donors (Lipinski definition) is 1. The Bertz CT molecular complexity index is 818. The molecule has 2 aliphatic rings. The summed E-state index contributed by atoms with van der Waals surface area (Å²) in [5.41, 5.74) is 10.2. The second kappa shape index (κ2) is 8.33. The summed E-state index contributed by atoms with van der Waals surface area (Å²) in [6.45, 7) is 6.33. The molecular formula is C23H29N3O2. The average molecular weight is 380 g/mol. The molecule has 1 amide bonds. The summed E-state index contributed by atoms with van der Waals surface area (Å²) in [4.78, 5) is 17.5. The highest BCUT2D eigenvalue weighted by atomic mass is 16.5. The van der Waals surface area contributed by atoms with Gasteiger partial charge in [0.2, 0.25) is 0 Å². The van der Waals surface area contributed by atoms with E-state index in [4.69, 9.17) is 10.5 Å². The molecule has 0 aromatic heterocycles. The number of nitrogens with two attached hydrogens (primary N) is 1. The lowest BCUT2D eigenvalue weighted by Gasteiger charge is -2.38. The predicted octanol–water partition coefficient (Wildman–Crippen LogP) is 2.26. The number of fused-ring (bicyclic) bond motifs is 1. The van der Waals surface area contributed by atoms with Crippen LogP contribution in [-0.2, 0) is 12.8 Å². The summed E-state index contributed by atoms with van der Waals surface area (Å²) in [6.07, 6.45) is 2.26. The molecule has 4 rings (SSSR count). The Morgan fingerprint density at radius 1 is 1.07 bits per heavy atom. The van der Waals surface area contributed by atoms with Gasteiger partial charge in [-0.15, -0.1) is 0 Å². The minimum atomic E-state index is 0.0898. The fourth-order valence-corrected chi connectivity index (χ4v) is 4.32. The fraction of sp³-hybridized carbons (Fsp3) is 0.435. The topological polar surface area (TPSA) is 58.8 Å². The summed E-state index contributed by atoms with van der Waals surface area (Å²) >= 11 is 0. The first kappa shape index (κ1) is 19.0. The molecule has 1 heterocycles. The van der Waals surface area contributed by atoms with Gasteiger partial charge in [-0.05, 0) is 48.6 Å². The van der Waals surface area contributed by atoms with Gasteiger partial charge in [0.05, 0.1) is 0 Å². The van der Waals surface area contributed by atoms with E-state index in [-0.39, 0.29) is 5.91 Å². The SMILES string of the molecule is Cc1ccc(C(=O)N2CCN(C3Cc4ccccc4C3)CC2)cc1OCCN. The first-order chi connectivity index (χ1) is 13.7. The molecule has 2 aromatic rings. The van der Waals surface area contributed by atoms with Crippen molar-refractivity contribution in [1.29, 1.82) is 0 Å². The maximum Gasteiger partial charge on any atom is 0.254 e. The maximum atomic E-state index is 13.0. The Morgan fingerprint density at radius 2 is 1.75 bits per heavy atom. The molecule has 2 aromatic carbocycles. The highest BCUT2D eigenvalue weighted by Crippen LogP contribution is 2.26. The molecule has 0 unspecified atom stereocenters. The van der Waals surface area contributed by atoms with Gasteiger partial charge in [-0.3, -0.25) is 9.69 Å². The van der Waals surface area contributed by atoms with Crippen LogP contribution in [0.15, 0.2) is 42.5 Å². The van der Waals surface area contributed by atoms with Gasteiger partial charge in [0.1, 0.15) is 12.4 Å². The normalized spacial score (nSPS) is 17.6. The first-order valence-corrected chi connectivity index (χ1v) is 10.2. The molecular weight excluding hydrogens is 350 g/mol. The second-order valence-corrected chi connectivity index (χ2v) is 7.78. The summed E-state index contributed by atoms with van der Waals surface area (Å²) in [7, 11) is 0. The van der Waals surface area contributed by atoms with E-state index in [9.17, 15) is 4.79 Å². The number of rotatable bonds is 5. The largest absolute Gasteiger partial charge is 0.492 e. The minimum Gasteiger partial charge on any atom is -0.492 e. The van der Waals surface area contributed by atoms with Crippen molar-refractivity contribution in [3.05, 3.63) is 64.7 Å². The van der Waals surface area contributed by atoms with E-state index in [2.05, 4.69) is 29.2 Å². The molecule has 148 valence electrons. The smallest absolute Gasteiger partial charge is 0.254 e. The zero-order valence-electron chi connectivity index (χ0n) is 16.6. The van der Waals surface area contributed by atoms with Crippen molar-refractivity contribution < 1.29 is 9.53 Å². The predicted molar refractivity (Wildman–Crippen MR) is 111 cm³/mol. The second-order valence-electron chi connectivity index (χ2n) is 7.78. The number of carbonyl (C=O) groups excluding carboxylic acids is 1. The Balaban J connectivity index is 1.36. The number of carbonyl (C=O) groups is 1. The quantitative estimate of drug-likeness (QED) is 0.866. The van der Waals surface area contributed by atoms with Crippen LogP contribution in [-0.4, -0.2) is 61.1 Å². The van der Waals surface area contributed by atoms with Gasteiger partial charge in [-0.2, -0.15) is 0 Å². The molecule has 1 aliphatic carbocycles. The van der Waals surface area contributed by atoms with E-state index in [0.717, 1.165) is 50.3 Å². The van der Waals surface area contributed by atoms with E-state index >= 15 is 0 Å². The molecule has 0 atom stereocenters. The van der Waals surface area contributed by atoms with E-state index in [1.165, 1.54) is 11.1 Å². The van der Waals surface area contributed by atoms with Gasteiger partial charge in [-0.25, -0.2) is 0 Å². The zero-order chi connectivity index (χ0) is 19.5. The van der Waals surface area contributed by atoms with Crippen molar-refractivity contribution >= 4 is 5.91 Å². The van der Waals surface area contributed by atoms with Crippen molar-refractivity contribution in [2.24, 2.45) is 5.73 Å². The molecule has 5 nitrogen and oxygen atoms in total. The number of hydrogen-bond acceptors (Lipinski definition) is 4.